The zero-order valence-corrected chi connectivity index (χ0v) is 12.0. The first-order chi connectivity index (χ1) is 7.61. The number of hydrogen-bond donors (Lipinski definition) is 0. The molecule has 3 unspecified atom stereocenters. The van der Waals surface area contributed by atoms with Gasteiger partial charge >= 0.3 is 0 Å². The summed E-state index contributed by atoms with van der Waals surface area (Å²) in [5.41, 5.74) is 0. The predicted octanol–water partition coefficient (Wildman–Crippen LogP) is 3.58. The average Bonchev–Trinajstić information content (AvgIpc) is 2.95. The summed E-state index contributed by atoms with van der Waals surface area (Å²) >= 11 is 0. The Labute approximate surface area is 101 Å². The lowest BCUT2D eigenvalue weighted by Crippen LogP contribution is -2.30. The quantitative estimate of drug-likeness (QED) is 0.524. The van der Waals surface area contributed by atoms with E-state index in [1.807, 2.05) is 0 Å². The molecule has 1 aliphatic heterocycles. The minimum absolute atomic E-state index is 0.649. The van der Waals surface area contributed by atoms with Crippen LogP contribution in [0.15, 0.2) is 0 Å². The first kappa shape index (κ1) is 12.6. The maximum Gasteiger partial charge on any atom is 0.186 e. The Bertz CT molecular complexity index is 230. The van der Waals surface area contributed by atoms with Crippen LogP contribution in [0.3, 0.4) is 0 Å². The molecule has 3 heteroatoms. The summed E-state index contributed by atoms with van der Waals surface area (Å²) in [5, 5.41) is 0. The van der Waals surface area contributed by atoms with Crippen LogP contribution in [-0.2, 0) is 9.16 Å². The third kappa shape index (κ3) is 3.57. The van der Waals surface area contributed by atoms with Crippen molar-refractivity contribution in [2.45, 2.75) is 70.4 Å². The molecule has 3 atom stereocenters. The van der Waals surface area contributed by atoms with Gasteiger partial charge in [-0.25, -0.2) is 0 Å². The number of hydrogen-bond acceptors (Lipinski definition) is 2. The monoisotopic (exact) mass is 242 g/mol. The van der Waals surface area contributed by atoms with Gasteiger partial charge in [0.05, 0.1) is 12.2 Å². The van der Waals surface area contributed by atoms with Crippen molar-refractivity contribution in [1.29, 1.82) is 0 Å². The lowest BCUT2D eigenvalue weighted by Gasteiger charge is -2.24. The number of rotatable bonds is 6. The largest absolute Gasteiger partial charge is 0.418 e. The summed E-state index contributed by atoms with van der Waals surface area (Å²) in [6.45, 7) is 7.69. The normalized spacial score (nSPS) is 33.6. The van der Waals surface area contributed by atoms with Crippen molar-refractivity contribution < 1.29 is 9.16 Å². The van der Waals surface area contributed by atoms with Crippen LogP contribution < -0.4 is 0 Å². The fourth-order valence-corrected chi connectivity index (χ4v) is 5.01. The van der Waals surface area contributed by atoms with Crippen LogP contribution in [0.4, 0.5) is 0 Å². The summed E-state index contributed by atoms with van der Waals surface area (Å²) < 4.78 is 11.4. The second kappa shape index (κ2) is 5.19. The third-order valence-corrected chi connectivity index (χ3v) is 6.67. The SMILES string of the molecule is CCO[Si](C)(C)CCCC1CCC2OC2C1. The van der Waals surface area contributed by atoms with Crippen molar-refractivity contribution in [3.63, 3.8) is 0 Å². The minimum Gasteiger partial charge on any atom is -0.418 e. The maximum absolute atomic E-state index is 5.86. The smallest absolute Gasteiger partial charge is 0.186 e. The van der Waals surface area contributed by atoms with Gasteiger partial charge in [0, 0.05) is 6.61 Å². The molecule has 0 amide bonds. The van der Waals surface area contributed by atoms with Crippen molar-refractivity contribution in [2.24, 2.45) is 5.92 Å². The van der Waals surface area contributed by atoms with Gasteiger partial charge in [-0.1, -0.05) is 12.8 Å². The molecule has 2 aliphatic rings. The molecule has 0 aromatic heterocycles. The molecule has 94 valence electrons. The van der Waals surface area contributed by atoms with E-state index in [-0.39, 0.29) is 0 Å². The van der Waals surface area contributed by atoms with Gasteiger partial charge in [0.15, 0.2) is 8.32 Å². The molecule has 16 heavy (non-hydrogen) atoms. The van der Waals surface area contributed by atoms with Gasteiger partial charge in [-0.2, -0.15) is 0 Å². The highest BCUT2D eigenvalue weighted by atomic mass is 28.4. The van der Waals surface area contributed by atoms with Crippen LogP contribution >= 0.6 is 0 Å². The average molecular weight is 242 g/mol. The van der Waals surface area contributed by atoms with E-state index >= 15 is 0 Å². The van der Waals surface area contributed by atoms with Crippen LogP contribution in [0.5, 0.6) is 0 Å². The van der Waals surface area contributed by atoms with E-state index in [1.165, 1.54) is 38.1 Å². The van der Waals surface area contributed by atoms with Crippen LogP contribution in [0, 0.1) is 5.92 Å². The van der Waals surface area contributed by atoms with Crippen LogP contribution in [0.25, 0.3) is 0 Å². The van der Waals surface area contributed by atoms with E-state index in [4.69, 9.17) is 9.16 Å². The molecule has 2 nitrogen and oxygen atoms in total. The third-order valence-electron chi connectivity index (χ3n) is 4.04. The number of fused-ring (bicyclic) bond motifs is 1. The lowest BCUT2D eigenvalue weighted by molar-refractivity contribution is 0.321. The van der Waals surface area contributed by atoms with E-state index in [0.717, 1.165) is 12.5 Å². The molecular weight excluding hydrogens is 216 g/mol. The Kier molecular flexibility index (Phi) is 4.09. The zero-order valence-electron chi connectivity index (χ0n) is 11.0. The van der Waals surface area contributed by atoms with Gasteiger partial charge in [0.2, 0.25) is 0 Å². The van der Waals surface area contributed by atoms with E-state index < -0.39 is 8.32 Å². The second-order valence-corrected chi connectivity index (χ2v) is 10.3. The predicted molar refractivity (Wildman–Crippen MR) is 69.2 cm³/mol. The molecule has 2 fully saturated rings. The summed E-state index contributed by atoms with van der Waals surface area (Å²) in [6, 6.07) is 1.33. The molecule has 1 aliphatic carbocycles. The highest BCUT2D eigenvalue weighted by Crippen LogP contribution is 2.41. The Morgan fingerprint density at radius 3 is 2.75 bits per heavy atom. The minimum atomic E-state index is -1.33. The topological polar surface area (TPSA) is 21.8 Å². The Hall–Kier alpha value is 0.137. The number of ether oxygens (including phenoxy) is 1. The van der Waals surface area contributed by atoms with Crippen molar-refractivity contribution in [2.75, 3.05) is 6.61 Å². The van der Waals surface area contributed by atoms with Crippen LogP contribution in [0.1, 0.15) is 39.0 Å². The summed E-state index contributed by atoms with van der Waals surface area (Å²) in [6.07, 6.45) is 8.12. The molecular formula is C13H26O2Si. The van der Waals surface area contributed by atoms with E-state index in [2.05, 4.69) is 20.0 Å². The standard InChI is InChI=1S/C13H26O2Si/c1-4-14-16(2,3)9-5-6-11-7-8-12-13(10-11)15-12/h11-13H,4-10H2,1-3H3. The van der Waals surface area contributed by atoms with E-state index in [1.54, 1.807) is 0 Å². The highest BCUT2D eigenvalue weighted by Gasteiger charge is 2.43. The molecule has 2 rings (SSSR count). The van der Waals surface area contributed by atoms with Crippen molar-refractivity contribution in [3.05, 3.63) is 0 Å². The van der Waals surface area contributed by atoms with Crippen LogP contribution in [0.2, 0.25) is 19.1 Å². The van der Waals surface area contributed by atoms with Gasteiger partial charge in [-0.05, 0) is 51.2 Å². The van der Waals surface area contributed by atoms with Gasteiger partial charge < -0.3 is 9.16 Å². The Morgan fingerprint density at radius 2 is 2.06 bits per heavy atom. The van der Waals surface area contributed by atoms with Crippen LogP contribution in [-0.4, -0.2) is 27.1 Å². The van der Waals surface area contributed by atoms with E-state index in [0.29, 0.717) is 12.2 Å². The lowest BCUT2D eigenvalue weighted by atomic mass is 9.86. The maximum atomic E-state index is 5.86. The highest BCUT2D eigenvalue weighted by molar-refractivity contribution is 6.71. The Morgan fingerprint density at radius 1 is 1.25 bits per heavy atom. The fourth-order valence-electron chi connectivity index (χ4n) is 3.03. The molecule has 0 bridgehead atoms. The molecule has 0 N–H and O–H groups in total. The molecule has 0 spiro atoms. The van der Waals surface area contributed by atoms with Gasteiger partial charge in [0.1, 0.15) is 0 Å². The first-order valence-corrected chi connectivity index (χ1v) is 10.0. The fraction of sp³-hybridized carbons (Fsp3) is 1.00. The zero-order chi connectivity index (χ0) is 11.6. The summed E-state index contributed by atoms with van der Waals surface area (Å²) in [4.78, 5) is 0. The number of epoxide rings is 1. The molecule has 1 saturated carbocycles. The van der Waals surface area contributed by atoms with E-state index in [9.17, 15) is 0 Å². The molecule has 0 aromatic rings. The molecule has 0 radical (unpaired) electrons. The van der Waals surface area contributed by atoms with Gasteiger partial charge in [-0.15, -0.1) is 0 Å². The summed E-state index contributed by atoms with van der Waals surface area (Å²) in [7, 11) is -1.33. The molecule has 1 saturated heterocycles. The van der Waals surface area contributed by atoms with Gasteiger partial charge in [-0.3, -0.25) is 0 Å². The second-order valence-electron chi connectivity index (χ2n) is 5.98. The summed E-state index contributed by atoms with van der Waals surface area (Å²) in [5.74, 6) is 0.940. The molecule has 0 aromatic carbocycles. The van der Waals surface area contributed by atoms with Crippen molar-refractivity contribution >= 4 is 8.32 Å². The first-order valence-electron chi connectivity index (χ1n) is 6.90. The Balaban J connectivity index is 1.60. The van der Waals surface area contributed by atoms with Crippen molar-refractivity contribution in [1.82, 2.24) is 0 Å². The molecule has 1 heterocycles. The van der Waals surface area contributed by atoms with Crippen molar-refractivity contribution in [3.8, 4) is 0 Å². The van der Waals surface area contributed by atoms with Gasteiger partial charge in [0.25, 0.3) is 0 Å².